The van der Waals surface area contributed by atoms with Gasteiger partial charge < -0.3 is 10.5 Å². The molecule has 1 aromatic heterocycles. The van der Waals surface area contributed by atoms with Gasteiger partial charge in [0, 0.05) is 24.4 Å². The SMILES string of the molecule is COC1(C(N)Cc2nc(C)c(C)s2)CCCC(C)C1. The molecule has 1 aromatic rings. The topological polar surface area (TPSA) is 48.1 Å². The minimum atomic E-state index is -0.148. The Morgan fingerprint density at radius 2 is 2.26 bits per heavy atom. The molecular formula is C15H26N2OS. The first-order valence-electron chi connectivity index (χ1n) is 7.20. The predicted molar refractivity (Wildman–Crippen MR) is 80.6 cm³/mol. The van der Waals surface area contributed by atoms with Crippen molar-refractivity contribution in [2.45, 2.75) is 64.5 Å². The number of thiazole rings is 1. The zero-order valence-electron chi connectivity index (χ0n) is 12.5. The maximum atomic E-state index is 6.49. The molecule has 0 aromatic carbocycles. The Labute approximate surface area is 120 Å². The van der Waals surface area contributed by atoms with E-state index in [4.69, 9.17) is 10.5 Å². The van der Waals surface area contributed by atoms with Crippen molar-refractivity contribution in [2.24, 2.45) is 11.7 Å². The first-order chi connectivity index (χ1) is 8.97. The second kappa shape index (κ2) is 5.90. The molecule has 0 spiro atoms. The lowest BCUT2D eigenvalue weighted by molar-refractivity contribution is -0.0705. The molecule has 2 N–H and O–H groups in total. The van der Waals surface area contributed by atoms with E-state index >= 15 is 0 Å². The Morgan fingerprint density at radius 3 is 2.79 bits per heavy atom. The lowest BCUT2D eigenvalue weighted by atomic mass is 9.74. The van der Waals surface area contributed by atoms with Gasteiger partial charge in [0.2, 0.25) is 0 Å². The fourth-order valence-corrected chi connectivity index (χ4v) is 4.21. The molecule has 4 heteroatoms. The number of aryl methyl sites for hydroxylation is 2. The van der Waals surface area contributed by atoms with Crippen LogP contribution in [-0.4, -0.2) is 23.7 Å². The average molecular weight is 282 g/mol. The highest BCUT2D eigenvalue weighted by Crippen LogP contribution is 2.37. The van der Waals surface area contributed by atoms with Crippen LogP contribution >= 0.6 is 11.3 Å². The van der Waals surface area contributed by atoms with E-state index in [-0.39, 0.29) is 11.6 Å². The highest BCUT2D eigenvalue weighted by molar-refractivity contribution is 7.11. The van der Waals surface area contributed by atoms with E-state index in [0.717, 1.165) is 30.0 Å². The molecule has 108 valence electrons. The molecule has 1 heterocycles. The molecule has 1 fully saturated rings. The molecule has 0 saturated heterocycles. The fourth-order valence-electron chi connectivity index (χ4n) is 3.22. The summed E-state index contributed by atoms with van der Waals surface area (Å²) in [5, 5.41) is 1.15. The van der Waals surface area contributed by atoms with Crippen molar-refractivity contribution in [1.29, 1.82) is 0 Å². The average Bonchev–Trinajstić information content (AvgIpc) is 2.68. The van der Waals surface area contributed by atoms with Crippen molar-refractivity contribution < 1.29 is 4.74 Å². The summed E-state index contributed by atoms with van der Waals surface area (Å²) in [5.41, 5.74) is 7.48. The van der Waals surface area contributed by atoms with E-state index in [0.29, 0.717) is 5.92 Å². The number of hydrogen-bond donors (Lipinski definition) is 1. The van der Waals surface area contributed by atoms with Gasteiger partial charge in [0.05, 0.1) is 16.3 Å². The van der Waals surface area contributed by atoms with Gasteiger partial charge in [-0.2, -0.15) is 0 Å². The van der Waals surface area contributed by atoms with Crippen LogP contribution in [0.15, 0.2) is 0 Å². The number of nitrogens with two attached hydrogens (primary N) is 1. The minimum absolute atomic E-state index is 0.0465. The Hall–Kier alpha value is -0.450. The normalized spacial score (nSPS) is 29.4. The summed E-state index contributed by atoms with van der Waals surface area (Å²) in [6, 6.07) is 0.0465. The van der Waals surface area contributed by atoms with Crippen LogP contribution in [0, 0.1) is 19.8 Å². The number of methoxy groups -OCH3 is 1. The third-order valence-electron chi connectivity index (χ3n) is 4.54. The Kier molecular flexibility index (Phi) is 4.64. The molecule has 1 aliphatic carbocycles. The van der Waals surface area contributed by atoms with Crippen LogP contribution in [0.3, 0.4) is 0 Å². The molecule has 3 nitrogen and oxygen atoms in total. The molecule has 3 atom stereocenters. The maximum Gasteiger partial charge on any atom is 0.0947 e. The zero-order valence-corrected chi connectivity index (χ0v) is 13.3. The Balaban J connectivity index is 2.10. The molecule has 0 radical (unpaired) electrons. The summed E-state index contributed by atoms with van der Waals surface area (Å²) in [4.78, 5) is 5.91. The number of hydrogen-bond acceptors (Lipinski definition) is 4. The standard InChI is InChI=1S/C15H26N2OS/c1-10-6-5-7-15(9-10,18-4)13(16)8-14-17-11(2)12(3)19-14/h10,13H,5-9,16H2,1-4H3. The second-order valence-electron chi connectivity index (χ2n) is 6.03. The monoisotopic (exact) mass is 282 g/mol. The number of aromatic nitrogens is 1. The van der Waals surface area contributed by atoms with Crippen LogP contribution in [0.1, 0.15) is 48.2 Å². The van der Waals surface area contributed by atoms with Gasteiger partial charge in [-0.3, -0.25) is 0 Å². The predicted octanol–water partition coefficient (Wildman–Crippen LogP) is 3.23. The third-order valence-corrected chi connectivity index (χ3v) is 5.64. The van der Waals surface area contributed by atoms with Gasteiger partial charge >= 0.3 is 0 Å². The van der Waals surface area contributed by atoms with Crippen molar-refractivity contribution in [1.82, 2.24) is 4.98 Å². The summed E-state index contributed by atoms with van der Waals surface area (Å²) < 4.78 is 5.87. The van der Waals surface area contributed by atoms with Crippen LogP contribution in [0.25, 0.3) is 0 Å². The van der Waals surface area contributed by atoms with Crippen molar-refractivity contribution in [2.75, 3.05) is 7.11 Å². The fraction of sp³-hybridized carbons (Fsp3) is 0.800. The third kappa shape index (κ3) is 3.18. The lowest BCUT2D eigenvalue weighted by Crippen LogP contribution is -2.53. The van der Waals surface area contributed by atoms with Gasteiger partial charge in [0.25, 0.3) is 0 Å². The number of nitrogens with zero attached hydrogens (tertiary/aromatic N) is 1. The first kappa shape index (κ1) is 14.9. The molecule has 1 aliphatic rings. The van der Waals surface area contributed by atoms with Crippen LogP contribution in [0.2, 0.25) is 0 Å². The summed E-state index contributed by atoms with van der Waals surface area (Å²) in [6.07, 6.45) is 5.51. The van der Waals surface area contributed by atoms with E-state index < -0.39 is 0 Å². The summed E-state index contributed by atoms with van der Waals surface area (Å²) in [6.45, 7) is 6.49. The molecule has 1 saturated carbocycles. The minimum Gasteiger partial charge on any atom is -0.377 e. The Morgan fingerprint density at radius 1 is 1.53 bits per heavy atom. The van der Waals surface area contributed by atoms with Gasteiger partial charge in [0.15, 0.2) is 0 Å². The van der Waals surface area contributed by atoms with Crippen LogP contribution in [-0.2, 0) is 11.2 Å². The van der Waals surface area contributed by atoms with Gasteiger partial charge in [0.1, 0.15) is 0 Å². The molecular weight excluding hydrogens is 256 g/mol. The van der Waals surface area contributed by atoms with Gasteiger partial charge in [-0.05, 0) is 32.6 Å². The number of ether oxygens (including phenoxy) is 1. The smallest absolute Gasteiger partial charge is 0.0947 e. The van der Waals surface area contributed by atoms with Gasteiger partial charge in [-0.1, -0.05) is 19.8 Å². The van der Waals surface area contributed by atoms with E-state index in [1.807, 2.05) is 7.11 Å². The van der Waals surface area contributed by atoms with Crippen LogP contribution in [0.4, 0.5) is 0 Å². The summed E-state index contributed by atoms with van der Waals surface area (Å²) in [5.74, 6) is 0.708. The first-order valence-corrected chi connectivity index (χ1v) is 8.02. The van der Waals surface area contributed by atoms with Gasteiger partial charge in [-0.15, -0.1) is 11.3 Å². The highest BCUT2D eigenvalue weighted by atomic mass is 32.1. The van der Waals surface area contributed by atoms with Crippen molar-refractivity contribution in [3.63, 3.8) is 0 Å². The zero-order chi connectivity index (χ0) is 14.0. The quantitative estimate of drug-likeness (QED) is 0.922. The second-order valence-corrected chi connectivity index (χ2v) is 7.32. The summed E-state index contributed by atoms with van der Waals surface area (Å²) in [7, 11) is 1.82. The molecule has 3 unspecified atom stereocenters. The number of rotatable bonds is 4. The molecule has 0 bridgehead atoms. The van der Waals surface area contributed by atoms with Crippen molar-refractivity contribution >= 4 is 11.3 Å². The van der Waals surface area contributed by atoms with Crippen LogP contribution in [0.5, 0.6) is 0 Å². The largest absolute Gasteiger partial charge is 0.377 e. The Bertz CT molecular complexity index is 412. The van der Waals surface area contributed by atoms with Crippen molar-refractivity contribution in [3.8, 4) is 0 Å². The van der Waals surface area contributed by atoms with Crippen LogP contribution < -0.4 is 5.73 Å². The van der Waals surface area contributed by atoms with E-state index in [1.165, 1.54) is 17.7 Å². The lowest BCUT2D eigenvalue weighted by Gasteiger charge is -2.43. The molecule has 0 amide bonds. The summed E-state index contributed by atoms with van der Waals surface area (Å²) >= 11 is 1.77. The van der Waals surface area contributed by atoms with E-state index in [9.17, 15) is 0 Å². The highest BCUT2D eigenvalue weighted by Gasteiger charge is 2.40. The molecule has 0 aliphatic heterocycles. The van der Waals surface area contributed by atoms with Crippen molar-refractivity contribution in [3.05, 3.63) is 15.6 Å². The maximum absolute atomic E-state index is 6.49. The van der Waals surface area contributed by atoms with E-state index in [2.05, 4.69) is 25.8 Å². The molecule has 19 heavy (non-hydrogen) atoms. The van der Waals surface area contributed by atoms with E-state index in [1.54, 1.807) is 11.3 Å². The molecule has 2 rings (SSSR count). The van der Waals surface area contributed by atoms with Gasteiger partial charge in [-0.25, -0.2) is 4.98 Å².